The summed E-state index contributed by atoms with van der Waals surface area (Å²) in [6.07, 6.45) is 1.61. The Labute approximate surface area is 297 Å². The fraction of sp³-hybridized carbons (Fsp3) is 0.270. The molecule has 3 N–H and O–H groups in total. The number of rotatable bonds is 11. The van der Waals surface area contributed by atoms with Crippen molar-refractivity contribution in [3.8, 4) is 11.1 Å². The van der Waals surface area contributed by atoms with Crippen LogP contribution in [0.2, 0.25) is 0 Å². The molecule has 15 heteroatoms. The highest BCUT2D eigenvalue weighted by molar-refractivity contribution is 7.90. The van der Waals surface area contributed by atoms with Gasteiger partial charge in [0.05, 0.1) is 17.7 Å². The SMILES string of the molecule is O=C(O)Cc1ccc(CN2CCN(c3ccc(-c4cnc5[nH]cc(C(=O)c6c(F)ccc(NS(=O)(=O)N7CCC(F)C7)c6F)c5c4)cc3)CC2)cc1. The van der Waals surface area contributed by atoms with Gasteiger partial charge < -0.3 is 15.0 Å². The summed E-state index contributed by atoms with van der Waals surface area (Å²) in [6, 6.07) is 19.0. The second-order valence-electron chi connectivity index (χ2n) is 13.0. The summed E-state index contributed by atoms with van der Waals surface area (Å²) in [5, 5.41) is 9.31. The maximum absolute atomic E-state index is 15.6. The molecule has 2 aliphatic heterocycles. The first-order valence-corrected chi connectivity index (χ1v) is 18.2. The van der Waals surface area contributed by atoms with Crippen LogP contribution < -0.4 is 9.62 Å². The molecule has 11 nitrogen and oxygen atoms in total. The lowest BCUT2D eigenvalue weighted by Gasteiger charge is -2.36. The van der Waals surface area contributed by atoms with Crippen LogP contribution in [-0.4, -0.2) is 89.9 Å². The molecule has 1 atom stereocenters. The Kier molecular flexibility index (Phi) is 9.74. The summed E-state index contributed by atoms with van der Waals surface area (Å²) in [7, 11) is -4.34. The van der Waals surface area contributed by atoms with E-state index in [0.29, 0.717) is 16.6 Å². The third-order valence-corrected chi connectivity index (χ3v) is 11.0. The van der Waals surface area contributed by atoms with E-state index in [-0.39, 0.29) is 31.5 Å². The minimum absolute atomic E-state index is 0.00640. The quantitative estimate of drug-likeness (QED) is 0.154. The number of hydrogen-bond acceptors (Lipinski definition) is 7. The molecule has 0 spiro atoms. The van der Waals surface area contributed by atoms with Crippen molar-refractivity contribution in [3.63, 3.8) is 0 Å². The molecular weight excluding hydrogens is 698 g/mol. The number of benzene rings is 3. The fourth-order valence-electron chi connectivity index (χ4n) is 6.66. The number of aromatic amines is 1. The molecule has 0 radical (unpaired) electrons. The van der Waals surface area contributed by atoms with Crippen molar-refractivity contribution in [2.75, 3.05) is 48.9 Å². The number of H-pyrrole nitrogens is 1. The summed E-state index contributed by atoms with van der Waals surface area (Å²) in [5.41, 5.74) is 3.15. The predicted octanol–water partition coefficient (Wildman–Crippen LogP) is 5.39. The minimum atomic E-state index is -4.34. The monoisotopic (exact) mass is 732 g/mol. The van der Waals surface area contributed by atoms with Crippen LogP contribution >= 0.6 is 0 Å². The molecule has 7 rings (SSSR count). The third kappa shape index (κ3) is 7.38. The van der Waals surface area contributed by atoms with Gasteiger partial charge in [-0.1, -0.05) is 36.4 Å². The zero-order chi connectivity index (χ0) is 36.6. The lowest BCUT2D eigenvalue weighted by atomic mass is 9.99. The van der Waals surface area contributed by atoms with Crippen LogP contribution in [0.25, 0.3) is 22.2 Å². The largest absolute Gasteiger partial charge is 0.481 e. The topological polar surface area (TPSA) is 139 Å². The maximum Gasteiger partial charge on any atom is 0.307 e. The van der Waals surface area contributed by atoms with Gasteiger partial charge in [0.25, 0.3) is 0 Å². The number of ketones is 1. The molecule has 4 heterocycles. The summed E-state index contributed by atoms with van der Waals surface area (Å²) in [4.78, 5) is 36.5. The number of piperazine rings is 1. The number of pyridine rings is 1. The van der Waals surface area contributed by atoms with Gasteiger partial charge in [0.2, 0.25) is 5.78 Å². The summed E-state index contributed by atoms with van der Waals surface area (Å²) >= 11 is 0. The highest BCUT2D eigenvalue weighted by Gasteiger charge is 2.33. The van der Waals surface area contributed by atoms with Crippen LogP contribution in [0.1, 0.15) is 33.5 Å². The molecule has 2 fully saturated rings. The molecule has 0 bridgehead atoms. The van der Waals surface area contributed by atoms with Crippen LogP contribution in [0.3, 0.4) is 0 Å². The van der Waals surface area contributed by atoms with Crippen molar-refractivity contribution >= 4 is 44.4 Å². The molecule has 2 aliphatic rings. The van der Waals surface area contributed by atoms with Gasteiger partial charge >= 0.3 is 16.2 Å². The molecule has 2 saturated heterocycles. The number of carbonyl (C=O) groups excluding carboxylic acids is 1. The van der Waals surface area contributed by atoms with E-state index in [9.17, 15) is 22.4 Å². The molecule has 0 aliphatic carbocycles. The number of hydrogen-bond donors (Lipinski definition) is 3. The lowest BCUT2D eigenvalue weighted by molar-refractivity contribution is -0.136. The lowest BCUT2D eigenvalue weighted by Crippen LogP contribution is -2.45. The van der Waals surface area contributed by atoms with Gasteiger partial charge in [-0.25, -0.2) is 18.2 Å². The highest BCUT2D eigenvalue weighted by Crippen LogP contribution is 2.31. The molecular formula is C37H35F3N6O5S. The van der Waals surface area contributed by atoms with Crippen molar-refractivity contribution in [2.24, 2.45) is 0 Å². The average Bonchev–Trinajstić information content (AvgIpc) is 3.77. The number of aromatic nitrogens is 2. The second-order valence-corrected chi connectivity index (χ2v) is 14.7. The van der Waals surface area contributed by atoms with Crippen molar-refractivity contribution in [3.05, 3.63) is 113 Å². The van der Waals surface area contributed by atoms with Crippen LogP contribution in [0.15, 0.2) is 79.1 Å². The molecule has 5 aromatic rings. The van der Waals surface area contributed by atoms with Crippen LogP contribution in [0, 0.1) is 11.6 Å². The molecule has 0 amide bonds. The smallest absolute Gasteiger partial charge is 0.307 e. The number of carboxylic acids is 1. The third-order valence-electron chi connectivity index (χ3n) is 9.49. The molecule has 52 heavy (non-hydrogen) atoms. The van der Waals surface area contributed by atoms with E-state index < -0.39 is 51.0 Å². The fourth-order valence-corrected chi connectivity index (χ4v) is 7.93. The number of carbonyl (C=O) groups is 2. The molecule has 1 unspecified atom stereocenters. The van der Waals surface area contributed by atoms with Gasteiger partial charge in [-0.05, 0) is 53.4 Å². The maximum atomic E-state index is 15.6. The average molecular weight is 733 g/mol. The van der Waals surface area contributed by atoms with Crippen molar-refractivity contribution in [2.45, 2.75) is 25.6 Å². The number of anilines is 2. The van der Waals surface area contributed by atoms with Crippen molar-refractivity contribution in [1.29, 1.82) is 0 Å². The molecule has 2 aromatic heterocycles. The van der Waals surface area contributed by atoms with E-state index >= 15 is 8.78 Å². The van der Waals surface area contributed by atoms with Gasteiger partial charge in [0.1, 0.15) is 17.6 Å². The zero-order valence-electron chi connectivity index (χ0n) is 27.9. The first-order valence-electron chi connectivity index (χ1n) is 16.7. The Morgan fingerprint density at radius 2 is 1.63 bits per heavy atom. The van der Waals surface area contributed by atoms with Gasteiger partial charge in [-0.15, -0.1) is 0 Å². The number of halogens is 3. The molecule has 0 saturated carbocycles. The van der Waals surface area contributed by atoms with E-state index in [1.54, 1.807) is 12.3 Å². The summed E-state index contributed by atoms with van der Waals surface area (Å²) < 4.78 is 72.6. The number of fused-ring (bicyclic) bond motifs is 1. The Bertz CT molecular complexity index is 2240. The second kappa shape index (κ2) is 14.4. The van der Waals surface area contributed by atoms with Crippen LogP contribution in [0.5, 0.6) is 0 Å². The number of carboxylic acid groups (broad SMARTS) is 1. The van der Waals surface area contributed by atoms with E-state index in [4.69, 9.17) is 5.11 Å². The van der Waals surface area contributed by atoms with E-state index in [1.165, 1.54) is 6.20 Å². The first-order chi connectivity index (χ1) is 24.9. The number of nitrogens with zero attached hydrogens (tertiary/aromatic N) is 4. The molecule has 270 valence electrons. The van der Waals surface area contributed by atoms with Crippen molar-refractivity contribution in [1.82, 2.24) is 19.2 Å². The standard InChI is InChI=1S/C37H35F3N6O5S/c38-27-11-12-46(22-27)52(50,51)43-32-10-9-31(39)34(35(32)40)36(49)30-20-42-37-29(30)18-26(19-41-37)25-5-7-28(8-6-25)45-15-13-44(14-16-45)21-24-3-1-23(2-4-24)17-33(47)48/h1-10,18-20,27,43H,11-17,21-22H2,(H,41,42)(H,47,48). The van der Waals surface area contributed by atoms with Gasteiger partial charge in [-0.3, -0.25) is 19.2 Å². The van der Waals surface area contributed by atoms with E-state index in [1.807, 2.05) is 53.3 Å². The van der Waals surface area contributed by atoms with Gasteiger partial charge in [-0.2, -0.15) is 12.7 Å². The number of aliphatic carboxylic acids is 1. The van der Waals surface area contributed by atoms with Gasteiger partial charge in [0.15, 0.2) is 5.82 Å². The minimum Gasteiger partial charge on any atom is -0.481 e. The van der Waals surface area contributed by atoms with Crippen LogP contribution in [0.4, 0.5) is 24.5 Å². The Morgan fingerprint density at radius 3 is 2.31 bits per heavy atom. The number of alkyl halides is 1. The molecule has 3 aromatic carbocycles. The van der Waals surface area contributed by atoms with Crippen molar-refractivity contribution < 1.29 is 36.3 Å². The predicted molar refractivity (Wildman–Crippen MR) is 190 cm³/mol. The summed E-state index contributed by atoms with van der Waals surface area (Å²) in [5.74, 6) is -4.41. The number of nitrogens with one attached hydrogen (secondary N) is 2. The van der Waals surface area contributed by atoms with E-state index in [0.717, 1.165) is 71.5 Å². The Morgan fingerprint density at radius 1 is 0.923 bits per heavy atom. The summed E-state index contributed by atoms with van der Waals surface area (Å²) in [6.45, 7) is 3.67. The van der Waals surface area contributed by atoms with E-state index in [2.05, 4.69) is 19.8 Å². The normalized spacial score (nSPS) is 17.1. The Balaban J connectivity index is 1.04. The van der Waals surface area contributed by atoms with Gasteiger partial charge in [0, 0.05) is 80.4 Å². The van der Waals surface area contributed by atoms with Crippen LogP contribution in [-0.2, 0) is 28.0 Å². The Hall–Kier alpha value is -5.25. The first kappa shape index (κ1) is 35.2. The highest BCUT2D eigenvalue weighted by atomic mass is 32.2. The zero-order valence-corrected chi connectivity index (χ0v) is 28.7.